The molecule has 3 aromatic rings. The number of carbonyl (C=O) groups excluding carboxylic acids is 1. The summed E-state index contributed by atoms with van der Waals surface area (Å²) in [5.74, 6) is 0.149. The third kappa shape index (κ3) is 4.44. The largest absolute Gasteiger partial charge is 0.497 e. The highest BCUT2D eigenvalue weighted by molar-refractivity contribution is 7.92. The number of para-hydroxylation sites is 2. The predicted molar refractivity (Wildman–Crippen MR) is 105 cm³/mol. The van der Waals surface area contributed by atoms with Gasteiger partial charge in [-0.2, -0.15) is 0 Å². The average molecular weight is 403 g/mol. The Labute approximate surface area is 161 Å². The first-order valence-corrected chi connectivity index (χ1v) is 10.2. The van der Waals surface area contributed by atoms with Crippen LogP contribution in [0.2, 0.25) is 0 Å². The van der Waals surface area contributed by atoms with Crippen LogP contribution in [0.15, 0.2) is 58.8 Å². The van der Waals surface area contributed by atoms with Crippen LogP contribution in [0.5, 0.6) is 5.75 Å². The van der Waals surface area contributed by atoms with Crippen LogP contribution in [-0.4, -0.2) is 26.4 Å². The summed E-state index contributed by atoms with van der Waals surface area (Å²) in [6.45, 7) is 1.80. The number of hydrogen-bond acceptors (Lipinski definition) is 6. The predicted octanol–water partition coefficient (Wildman–Crippen LogP) is 3.51. The molecular formula is C18H17N3O4S2. The first-order chi connectivity index (χ1) is 12.9. The lowest BCUT2D eigenvalue weighted by Gasteiger charge is -2.13. The van der Waals surface area contributed by atoms with Crippen LogP contribution in [0.3, 0.4) is 0 Å². The van der Waals surface area contributed by atoms with E-state index in [1.165, 1.54) is 30.6 Å². The van der Waals surface area contributed by atoms with Crippen molar-refractivity contribution in [2.45, 2.75) is 11.8 Å². The Hall–Kier alpha value is -2.91. The number of ether oxygens (including phenoxy) is 1. The molecule has 1 amide bonds. The van der Waals surface area contributed by atoms with Crippen molar-refractivity contribution in [3.8, 4) is 5.75 Å². The van der Waals surface area contributed by atoms with Crippen LogP contribution in [0.1, 0.15) is 15.5 Å². The minimum atomic E-state index is -3.83. The molecule has 3 rings (SSSR count). The van der Waals surface area contributed by atoms with Gasteiger partial charge in [-0.05, 0) is 43.3 Å². The van der Waals surface area contributed by atoms with Crippen molar-refractivity contribution in [2.75, 3.05) is 17.1 Å². The summed E-state index contributed by atoms with van der Waals surface area (Å²) in [5, 5.41) is 5.11. The Balaban J connectivity index is 1.83. The number of amides is 1. The van der Waals surface area contributed by atoms with Crippen LogP contribution >= 0.6 is 11.3 Å². The monoisotopic (exact) mass is 403 g/mol. The summed E-state index contributed by atoms with van der Waals surface area (Å²) in [6, 6.07) is 12.6. The molecule has 1 aromatic heterocycles. The van der Waals surface area contributed by atoms with Gasteiger partial charge in [0.05, 0.1) is 28.4 Å². The van der Waals surface area contributed by atoms with Gasteiger partial charge >= 0.3 is 0 Å². The Morgan fingerprint density at radius 1 is 1.07 bits per heavy atom. The van der Waals surface area contributed by atoms with Gasteiger partial charge in [0.25, 0.3) is 15.9 Å². The smallest absolute Gasteiger partial charge is 0.275 e. The molecule has 7 nitrogen and oxygen atoms in total. The van der Waals surface area contributed by atoms with Crippen molar-refractivity contribution in [1.82, 2.24) is 4.98 Å². The molecule has 0 unspecified atom stereocenters. The Bertz CT molecular complexity index is 1060. The van der Waals surface area contributed by atoms with Gasteiger partial charge in [0.15, 0.2) is 0 Å². The molecule has 0 bridgehead atoms. The van der Waals surface area contributed by atoms with E-state index in [0.717, 1.165) is 5.01 Å². The maximum Gasteiger partial charge on any atom is 0.275 e. The molecule has 140 valence electrons. The van der Waals surface area contributed by atoms with Gasteiger partial charge in [-0.15, -0.1) is 11.3 Å². The number of thiazole rings is 1. The number of aromatic nitrogens is 1. The van der Waals surface area contributed by atoms with E-state index in [1.807, 2.05) is 0 Å². The normalized spacial score (nSPS) is 11.0. The molecule has 2 N–H and O–H groups in total. The lowest BCUT2D eigenvalue weighted by atomic mass is 10.2. The van der Waals surface area contributed by atoms with Crippen molar-refractivity contribution in [3.63, 3.8) is 0 Å². The fourth-order valence-electron chi connectivity index (χ4n) is 2.29. The molecule has 0 saturated heterocycles. The quantitative estimate of drug-likeness (QED) is 0.656. The van der Waals surface area contributed by atoms with Gasteiger partial charge in [0.1, 0.15) is 11.4 Å². The van der Waals surface area contributed by atoms with Gasteiger partial charge in [0.2, 0.25) is 0 Å². The number of benzene rings is 2. The zero-order chi connectivity index (χ0) is 19.4. The second kappa shape index (κ2) is 7.77. The standard InChI is InChI=1S/C18H17N3O4S2/c1-12-19-17(11-26-12)18(22)20-15-5-3-4-6-16(15)21-27(23,24)14-9-7-13(25-2)8-10-14/h3-11,21H,1-2H3,(H,20,22). The van der Waals surface area contributed by atoms with E-state index < -0.39 is 15.9 Å². The minimum Gasteiger partial charge on any atom is -0.497 e. The number of anilines is 2. The molecule has 0 aliphatic heterocycles. The van der Waals surface area contributed by atoms with E-state index >= 15 is 0 Å². The van der Waals surface area contributed by atoms with E-state index in [0.29, 0.717) is 11.4 Å². The number of methoxy groups -OCH3 is 1. The molecule has 2 aromatic carbocycles. The van der Waals surface area contributed by atoms with Gasteiger partial charge < -0.3 is 10.1 Å². The van der Waals surface area contributed by atoms with Crippen LogP contribution < -0.4 is 14.8 Å². The number of hydrogen-bond donors (Lipinski definition) is 2. The van der Waals surface area contributed by atoms with Crippen LogP contribution in [0.25, 0.3) is 0 Å². The fourth-order valence-corrected chi connectivity index (χ4v) is 3.97. The molecule has 0 fully saturated rings. The maximum atomic E-state index is 12.6. The first-order valence-electron chi connectivity index (χ1n) is 7.88. The molecule has 0 aliphatic rings. The topological polar surface area (TPSA) is 97.4 Å². The summed E-state index contributed by atoms with van der Waals surface area (Å²) in [4.78, 5) is 16.5. The molecule has 0 radical (unpaired) electrons. The van der Waals surface area contributed by atoms with Gasteiger partial charge in [-0.25, -0.2) is 13.4 Å². The molecule has 0 atom stereocenters. The molecule has 0 spiro atoms. The highest BCUT2D eigenvalue weighted by Crippen LogP contribution is 2.26. The van der Waals surface area contributed by atoms with E-state index in [-0.39, 0.29) is 16.3 Å². The SMILES string of the molecule is COc1ccc(S(=O)(=O)Nc2ccccc2NC(=O)c2csc(C)n2)cc1. The molecule has 0 aliphatic carbocycles. The summed E-state index contributed by atoms with van der Waals surface area (Å²) >= 11 is 1.36. The minimum absolute atomic E-state index is 0.0829. The van der Waals surface area contributed by atoms with Crippen molar-refractivity contribution in [2.24, 2.45) is 0 Å². The van der Waals surface area contributed by atoms with Crippen LogP contribution in [-0.2, 0) is 10.0 Å². The Morgan fingerprint density at radius 2 is 1.74 bits per heavy atom. The van der Waals surface area contributed by atoms with Crippen molar-refractivity contribution in [1.29, 1.82) is 0 Å². The second-order valence-electron chi connectivity index (χ2n) is 5.53. The molecule has 9 heteroatoms. The molecule has 1 heterocycles. The summed E-state index contributed by atoms with van der Waals surface area (Å²) in [7, 11) is -2.32. The van der Waals surface area contributed by atoms with E-state index in [1.54, 1.807) is 48.7 Å². The maximum absolute atomic E-state index is 12.6. The number of aryl methyl sites for hydroxylation is 1. The number of rotatable bonds is 6. The van der Waals surface area contributed by atoms with Crippen LogP contribution in [0.4, 0.5) is 11.4 Å². The molecule has 0 saturated carbocycles. The van der Waals surface area contributed by atoms with Crippen molar-refractivity contribution in [3.05, 3.63) is 64.6 Å². The second-order valence-corrected chi connectivity index (χ2v) is 8.28. The lowest BCUT2D eigenvalue weighted by molar-refractivity contribution is 0.102. The van der Waals surface area contributed by atoms with Crippen molar-refractivity contribution < 1.29 is 17.9 Å². The van der Waals surface area contributed by atoms with E-state index in [9.17, 15) is 13.2 Å². The van der Waals surface area contributed by atoms with Gasteiger partial charge in [0, 0.05) is 5.38 Å². The fraction of sp³-hybridized carbons (Fsp3) is 0.111. The van der Waals surface area contributed by atoms with Crippen molar-refractivity contribution >= 4 is 38.6 Å². The first kappa shape index (κ1) is 18.9. The highest BCUT2D eigenvalue weighted by atomic mass is 32.2. The Morgan fingerprint density at radius 3 is 2.33 bits per heavy atom. The number of carbonyl (C=O) groups is 1. The molecule has 27 heavy (non-hydrogen) atoms. The van der Waals surface area contributed by atoms with Gasteiger partial charge in [-0.1, -0.05) is 12.1 Å². The average Bonchev–Trinajstić information content (AvgIpc) is 3.10. The summed E-state index contributed by atoms with van der Waals surface area (Å²) in [5.41, 5.74) is 0.879. The summed E-state index contributed by atoms with van der Waals surface area (Å²) in [6.07, 6.45) is 0. The lowest BCUT2D eigenvalue weighted by Crippen LogP contribution is -2.17. The van der Waals surface area contributed by atoms with Gasteiger partial charge in [-0.3, -0.25) is 9.52 Å². The third-order valence-corrected chi connectivity index (χ3v) is 5.80. The number of nitrogens with zero attached hydrogens (tertiary/aromatic N) is 1. The zero-order valence-electron chi connectivity index (χ0n) is 14.6. The number of sulfonamides is 1. The van der Waals surface area contributed by atoms with E-state index in [2.05, 4.69) is 15.0 Å². The van der Waals surface area contributed by atoms with Crippen LogP contribution in [0, 0.1) is 6.92 Å². The zero-order valence-corrected chi connectivity index (χ0v) is 16.2. The number of nitrogens with one attached hydrogen (secondary N) is 2. The summed E-state index contributed by atoms with van der Waals surface area (Å²) < 4.78 is 32.8. The highest BCUT2D eigenvalue weighted by Gasteiger charge is 2.18. The van der Waals surface area contributed by atoms with E-state index in [4.69, 9.17) is 4.74 Å². The third-order valence-electron chi connectivity index (χ3n) is 3.64. The molecular weight excluding hydrogens is 386 g/mol. The Kier molecular flexibility index (Phi) is 5.43.